The zero-order valence-electron chi connectivity index (χ0n) is 9.42. The van der Waals surface area contributed by atoms with Gasteiger partial charge >= 0.3 is 12.1 Å². The first-order valence-electron chi connectivity index (χ1n) is 5.54. The average molecular weight is 259 g/mol. The predicted octanol–water partition coefficient (Wildman–Crippen LogP) is 3.08. The number of halogens is 3. The molecule has 0 amide bonds. The summed E-state index contributed by atoms with van der Waals surface area (Å²) < 4.78 is 37.7. The maximum absolute atomic E-state index is 12.6. The topological polar surface area (TPSA) is 49.3 Å². The Kier molecular flexibility index (Phi) is 3.19. The van der Waals surface area contributed by atoms with Gasteiger partial charge in [-0.05, 0) is 30.2 Å². The molecule has 2 N–H and O–H groups in total. The lowest BCUT2D eigenvalue weighted by molar-refractivity contribution is -0.138. The summed E-state index contributed by atoms with van der Waals surface area (Å²) in [5, 5.41) is 11.6. The molecule has 0 aromatic heterocycles. The zero-order valence-corrected chi connectivity index (χ0v) is 9.42. The SMILES string of the molecule is O=C(O)CCC1CNc2ccc(C(F)(F)F)cc21. The summed E-state index contributed by atoms with van der Waals surface area (Å²) in [5.41, 5.74) is 0.537. The Morgan fingerprint density at radius 3 is 2.78 bits per heavy atom. The number of alkyl halides is 3. The number of nitrogens with one attached hydrogen (secondary N) is 1. The largest absolute Gasteiger partial charge is 0.481 e. The number of carboxylic acids is 1. The molecular formula is C12H12F3NO2. The van der Waals surface area contributed by atoms with Gasteiger partial charge in [0, 0.05) is 24.6 Å². The minimum Gasteiger partial charge on any atom is -0.481 e. The van der Waals surface area contributed by atoms with Gasteiger partial charge in [0.05, 0.1) is 5.56 Å². The van der Waals surface area contributed by atoms with Gasteiger partial charge in [-0.15, -0.1) is 0 Å². The highest BCUT2D eigenvalue weighted by Gasteiger charge is 2.33. The van der Waals surface area contributed by atoms with E-state index in [2.05, 4.69) is 5.32 Å². The first-order valence-corrected chi connectivity index (χ1v) is 5.54. The number of aliphatic carboxylic acids is 1. The van der Waals surface area contributed by atoms with E-state index in [1.54, 1.807) is 0 Å². The van der Waals surface area contributed by atoms with Crippen molar-refractivity contribution in [2.75, 3.05) is 11.9 Å². The van der Waals surface area contributed by atoms with Crippen LogP contribution in [0.3, 0.4) is 0 Å². The van der Waals surface area contributed by atoms with Crippen LogP contribution in [0.15, 0.2) is 18.2 Å². The molecule has 0 radical (unpaired) electrons. The van der Waals surface area contributed by atoms with E-state index < -0.39 is 17.7 Å². The van der Waals surface area contributed by atoms with Crippen LogP contribution >= 0.6 is 0 Å². The Hall–Kier alpha value is -1.72. The van der Waals surface area contributed by atoms with E-state index >= 15 is 0 Å². The summed E-state index contributed by atoms with van der Waals surface area (Å²) in [4.78, 5) is 10.5. The van der Waals surface area contributed by atoms with Crippen LogP contribution in [0.1, 0.15) is 29.9 Å². The third-order valence-electron chi connectivity index (χ3n) is 3.06. The summed E-state index contributed by atoms with van der Waals surface area (Å²) in [6.07, 6.45) is -4.06. The van der Waals surface area contributed by atoms with Crippen LogP contribution in [0.5, 0.6) is 0 Å². The lowest BCUT2D eigenvalue weighted by Crippen LogP contribution is -2.07. The number of rotatable bonds is 3. The smallest absolute Gasteiger partial charge is 0.416 e. The summed E-state index contributed by atoms with van der Waals surface area (Å²) in [6.45, 7) is 0.490. The second kappa shape index (κ2) is 4.51. The minimum absolute atomic E-state index is 0.0397. The molecule has 18 heavy (non-hydrogen) atoms. The highest BCUT2D eigenvalue weighted by Crippen LogP contribution is 2.39. The molecule has 1 heterocycles. The number of carbonyl (C=O) groups is 1. The van der Waals surface area contributed by atoms with Gasteiger partial charge in [-0.2, -0.15) is 13.2 Å². The fourth-order valence-electron chi connectivity index (χ4n) is 2.14. The van der Waals surface area contributed by atoms with Crippen molar-refractivity contribution in [2.24, 2.45) is 0 Å². The minimum atomic E-state index is -4.37. The fourth-order valence-corrected chi connectivity index (χ4v) is 2.14. The monoisotopic (exact) mass is 259 g/mol. The van der Waals surface area contributed by atoms with Gasteiger partial charge in [-0.1, -0.05) is 0 Å². The quantitative estimate of drug-likeness (QED) is 0.877. The Morgan fingerprint density at radius 1 is 1.44 bits per heavy atom. The van der Waals surface area contributed by atoms with Crippen molar-refractivity contribution < 1.29 is 23.1 Å². The van der Waals surface area contributed by atoms with Crippen LogP contribution < -0.4 is 5.32 Å². The van der Waals surface area contributed by atoms with Crippen LogP contribution in [-0.2, 0) is 11.0 Å². The Bertz CT molecular complexity index is 471. The first-order chi connectivity index (χ1) is 8.38. The van der Waals surface area contributed by atoms with E-state index in [1.807, 2.05) is 0 Å². The molecule has 0 fully saturated rings. The molecule has 0 saturated heterocycles. The summed E-state index contributed by atoms with van der Waals surface area (Å²) >= 11 is 0. The lowest BCUT2D eigenvalue weighted by Gasteiger charge is -2.11. The Balaban J connectivity index is 2.22. The van der Waals surface area contributed by atoms with Gasteiger partial charge in [0.2, 0.25) is 0 Å². The number of anilines is 1. The first kappa shape index (κ1) is 12.7. The number of carboxylic acid groups (broad SMARTS) is 1. The van der Waals surface area contributed by atoms with Crippen LogP contribution in [0, 0.1) is 0 Å². The highest BCUT2D eigenvalue weighted by atomic mass is 19.4. The predicted molar refractivity (Wildman–Crippen MR) is 59.5 cm³/mol. The normalized spacial score (nSPS) is 18.3. The van der Waals surface area contributed by atoms with E-state index in [-0.39, 0.29) is 12.3 Å². The van der Waals surface area contributed by atoms with E-state index in [0.29, 0.717) is 24.2 Å². The third kappa shape index (κ3) is 2.57. The molecule has 1 aliphatic heterocycles. The summed E-state index contributed by atoms with van der Waals surface area (Å²) in [7, 11) is 0. The zero-order chi connectivity index (χ0) is 13.3. The van der Waals surface area contributed by atoms with Crippen LogP contribution in [-0.4, -0.2) is 17.6 Å². The molecule has 1 aromatic rings. The second-order valence-electron chi connectivity index (χ2n) is 4.31. The van der Waals surface area contributed by atoms with Crippen molar-refractivity contribution in [1.29, 1.82) is 0 Å². The van der Waals surface area contributed by atoms with Crippen molar-refractivity contribution in [2.45, 2.75) is 24.9 Å². The molecule has 1 aromatic carbocycles. The molecule has 0 aliphatic carbocycles. The summed E-state index contributed by atoms with van der Waals surface area (Å²) in [6, 6.07) is 3.55. The standard InChI is InChI=1S/C12H12F3NO2/c13-12(14,15)8-2-3-10-9(5-8)7(6-16-10)1-4-11(17)18/h2-3,5,7,16H,1,4,6H2,(H,17,18). The maximum Gasteiger partial charge on any atom is 0.416 e. The van der Waals surface area contributed by atoms with Crippen molar-refractivity contribution in [3.8, 4) is 0 Å². The van der Waals surface area contributed by atoms with Gasteiger partial charge in [-0.3, -0.25) is 4.79 Å². The molecule has 0 saturated carbocycles. The van der Waals surface area contributed by atoms with Crippen molar-refractivity contribution >= 4 is 11.7 Å². The average Bonchev–Trinajstić information content (AvgIpc) is 2.67. The second-order valence-corrected chi connectivity index (χ2v) is 4.31. The molecule has 1 unspecified atom stereocenters. The number of fused-ring (bicyclic) bond motifs is 1. The van der Waals surface area contributed by atoms with Crippen LogP contribution in [0.2, 0.25) is 0 Å². The van der Waals surface area contributed by atoms with Gasteiger partial charge in [0.25, 0.3) is 0 Å². The van der Waals surface area contributed by atoms with E-state index in [0.717, 1.165) is 12.1 Å². The summed E-state index contributed by atoms with van der Waals surface area (Å²) in [5.74, 6) is -1.10. The Morgan fingerprint density at radius 2 is 2.17 bits per heavy atom. The molecule has 1 atom stereocenters. The highest BCUT2D eigenvalue weighted by molar-refractivity contribution is 5.67. The molecule has 0 bridgehead atoms. The van der Waals surface area contributed by atoms with E-state index in [4.69, 9.17) is 5.11 Å². The maximum atomic E-state index is 12.6. The molecule has 98 valence electrons. The van der Waals surface area contributed by atoms with E-state index in [1.165, 1.54) is 6.07 Å². The van der Waals surface area contributed by atoms with Crippen molar-refractivity contribution in [3.05, 3.63) is 29.3 Å². The molecule has 3 nitrogen and oxygen atoms in total. The van der Waals surface area contributed by atoms with E-state index in [9.17, 15) is 18.0 Å². The number of hydrogen-bond acceptors (Lipinski definition) is 2. The third-order valence-corrected chi connectivity index (χ3v) is 3.06. The van der Waals surface area contributed by atoms with Crippen molar-refractivity contribution in [1.82, 2.24) is 0 Å². The van der Waals surface area contributed by atoms with Gasteiger partial charge < -0.3 is 10.4 Å². The molecular weight excluding hydrogens is 247 g/mol. The fraction of sp³-hybridized carbons (Fsp3) is 0.417. The molecule has 6 heteroatoms. The van der Waals surface area contributed by atoms with Gasteiger partial charge in [-0.25, -0.2) is 0 Å². The van der Waals surface area contributed by atoms with Crippen LogP contribution in [0.4, 0.5) is 18.9 Å². The molecule has 0 spiro atoms. The van der Waals surface area contributed by atoms with Crippen LogP contribution in [0.25, 0.3) is 0 Å². The van der Waals surface area contributed by atoms with Gasteiger partial charge in [0.1, 0.15) is 0 Å². The van der Waals surface area contributed by atoms with Gasteiger partial charge in [0.15, 0.2) is 0 Å². The lowest BCUT2D eigenvalue weighted by atomic mass is 9.95. The number of hydrogen-bond donors (Lipinski definition) is 2. The van der Waals surface area contributed by atoms with Crippen molar-refractivity contribution in [3.63, 3.8) is 0 Å². The number of benzene rings is 1. The molecule has 1 aliphatic rings. The Labute approximate surface area is 102 Å². The molecule has 2 rings (SSSR count).